The Labute approximate surface area is 158 Å². The zero-order valence-corrected chi connectivity index (χ0v) is 15.4. The number of anilines is 1. The molecule has 2 amide bonds. The molecule has 2 heterocycles. The quantitative estimate of drug-likeness (QED) is 0.647. The molecule has 27 heavy (non-hydrogen) atoms. The number of nitrogens with one attached hydrogen (secondary N) is 2. The summed E-state index contributed by atoms with van der Waals surface area (Å²) in [7, 11) is 0. The van der Waals surface area contributed by atoms with Crippen molar-refractivity contribution in [2.75, 3.05) is 11.4 Å². The number of H-pyrrole nitrogens is 1. The maximum absolute atomic E-state index is 13.0. The lowest BCUT2D eigenvalue weighted by Crippen LogP contribution is -2.38. The van der Waals surface area contributed by atoms with Crippen LogP contribution in [0.15, 0.2) is 54.6 Å². The summed E-state index contributed by atoms with van der Waals surface area (Å²) in [5, 5.41) is 3.90. The summed E-state index contributed by atoms with van der Waals surface area (Å²) in [4.78, 5) is 30.7. The van der Waals surface area contributed by atoms with Crippen LogP contribution in [0.25, 0.3) is 10.9 Å². The van der Waals surface area contributed by atoms with Crippen LogP contribution in [-0.2, 0) is 4.79 Å². The minimum absolute atomic E-state index is 0.0586. The van der Waals surface area contributed by atoms with Gasteiger partial charge in [-0.1, -0.05) is 56.2 Å². The van der Waals surface area contributed by atoms with Crippen LogP contribution in [0.3, 0.4) is 0 Å². The molecule has 4 rings (SSSR count). The predicted molar refractivity (Wildman–Crippen MR) is 107 cm³/mol. The van der Waals surface area contributed by atoms with Crippen LogP contribution in [0.4, 0.5) is 5.69 Å². The fourth-order valence-electron chi connectivity index (χ4n) is 3.68. The highest BCUT2D eigenvalue weighted by molar-refractivity contribution is 6.08. The molecule has 0 fully saturated rings. The van der Waals surface area contributed by atoms with Crippen molar-refractivity contribution in [3.8, 4) is 0 Å². The van der Waals surface area contributed by atoms with E-state index < -0.39 is 6.04 Å². The number of amides is 2. The molecule has 2 N–H and O–H groups in total. The molecule has 0 spiro atoms. The first kappa shape index (κ1) is 17.3. The van der Waals surface area contributed by atoms with E-state index in [9.17, 15) is 9.59 Å². The van der Waals surface area contributed by atoms with Crippen molar-refractivity contribution >= 4 is 28.4 Å². The molecule has 0 aliphatic carbocycles. The van der Waals surface area contributed by atoms with Crippen molar-refractivity contribution in [2.45, 2.75) is 32.2 Å². The molecule has 1 aromatic heterocycles. The number of hydrogen-bond acceptors (Lipinski definition) is 2. The van der Waals surface area contributed by atoms with Crippen molar-refractivity contribution in [1.29, 1.82) is 0 Å². The average molecular weight is 361 g/mol. The Balaban J connectivity index is 1.57. The highest BCUT2D eigenvalue weighted by atomic mass is 16.2. The Kier molecular flexibility index (Phi) is 4.67. The molecular weight excluding hydrogens is 338 g/mol. The first-order valence-electron chi connectivity index (χ1n) is 9.48. The molecule has 1 unspecified atom stereocenters. The van der Waals surface area contributed by atoms with Gasteiger partial charge in [-0.05, 0) is 24.6 Å². The maximum Gasteiger partial charge on any atom is 0.268 e. The summed E-state index contributed by atoms with van der Waals surface area (Å²) < 4.78 is 0. The number of aromatic nitrogens is 1. The summed E-state index contributed by atoms with van der Waals surface area (Å²) in [6.07, 6.45) is 3.14. The number of aromatic amines is 1. The number of benzene rings is 2. The second kappa shape index (κ2) is 7.27. The van der Waals surface area contributed by atoms with Gasteiger partial charge in [-0.3, -0.25) is 9.59 Å². The molecule has 0 saturated heterocycles. The molecule has 138 valence electrons. The molecule has 5 nitrogen and oxygen atoms in total. The third-order valence-electron chi connectivity index (χ3n) is 5.09. The van der Waals surface area contributed by atoms with Crippen molar-refractivity contribution < 1.29 is 9.59 Å². The lowest BCUT2D eigenvalue weighted by molar-refractivity contribution is -0.119. The van der Waals surface area contributed by atoms with Crippen molar-refractivity contribution in [3.05, 3.63) is 65.9 Å². The summed E-state index contributed by atoms with van der Waals surface area (Å²) in [5.41, 5.74) is 3.14. The van der Waals surface area contributed by atoms with Gasteiger partial charge in [-0.25, -0.2) is 0 Å². The van der Waals surface area contributed by atoms with Crippen LogP contribution in [0.2, 0.25) is 0 Å². The number of hydrogen-bond donors (Lipinski definition) is 2. The second-order valence-electron chi connectivity index (χ2n) is 6.93. The number of rotatable bonds is 6. The first-order valence-corrected chi connectivity index (χ1v) is 9.48. The lowest BCUT2D eigenvalue weighted by Gasteiger charge is -2.18. The van der Waals surface area contributed by atoms with E-state index in [-0.39, 0.29) is 11.8 Å². The molecule has 1 atom stereocenters. The summed E-state index contributed by atoms with van der Waals surface area (Å²) in [6.45, 7) is 2.82. The van der Waals surface area contributed by atoms with Gasteiger partial charge in [-0.2, -0.15) is 0 Å². The van der Waals surface area contributed by atoms with E-state index in [0.717, 1.165) is 41.4 Å². The van der Waals surface area contributed by atoms with E-state index in [2.05, 4.69) is 17.2 Å². The molecule has 1 aliphatic heterocycles. The predicted octanol–water partition coefficient (Wildman–Crippen LogP) is 4.18. The molecule has 3 aromatic rings. The molecule has 0 bridgehead atoms. The third-order valence-corrected chi connectivity index (χ3v) is 5.09. The third kappa shape index (κ3) is 3.21. The van der Waals surface area contributed by atoms with Gasteiger partial charge in [0.25, 0.3) is 11.8 Å². The zero-order chi connectivity index (χ0) is 18.8. The number of unbranched alkanes of at least 4 members (excludes halogenated alkanes) is 2. The molecule has 0 saturated carbocycles. The summed E-state index contributed by atoms with van der Waals surface area (Å²) in [6, 6.07) is 16.6. The van der Waals surface area contributed by atoms with Gasteiger partial charge in [0.1, 0.15) is 11.7 Å². The minimum Gasteiger partial charge on any atom is -0.351 e. The standard InChI is InChI=1S/C22H23N3O2/c1-2-3-8-13-25-19-12-7-5-10-16(19)20(22(25)27)24-21(26)18-14-15-9-4-6-11-17(15)23-18/h4-7,9-12,14,20,23H,2-3,8,13H2,1H3,(H,24,26). The van der Waals surface area contributed by atoms with Crippen molar-refractivity contribution in [2.24, 2.45) is 0 Å². The average Bonchev–Trinajstić information content (AvgIpc) is 3.23. The Morgan fingerprint density at radius 2 is 1.89 bits per heavy atom. The van der Waals surface area contributed by atoms with Crippen LogP contribution in [0.5, 0.6) is 0 Å². The van der Waals surface area contributed by atoms with E-state index in [1.54, 1.807) is 4.90 Å². The molecular formula is C22H23N3O2. The Bertz CT molecular complexity index is 959. The van der Waals surface area contributed by atoms with E-state index in [0.29, 0.717) is 12.2 Å². The van der Waals surface area contributed by atoms with E-state index in [4.69, 9.17) is 0 Å². The smallest absolute Gasteiger partial charge is 0.268 e. The molecule has 5 heteroatoms. The highest BCUT2D eigenvalue weighted by Crippen LogP contribution is 2.36. The first-order chi connectivity index (χ1) is 13.2. The van der Waals surface area contributed by atoms with Crippen LogP contribution in [-0.4, -0.2) is 23.3 Å². The SMILES string of the molecule is CCCCCN1C(=O)C(NC(=O)c2cc3ccccc3[nH]2)c2ccccc21. The van der Waals surface area contributed by atoms with E-state index >= 15 is 0 Å². The molecule has 0 radical (unpaired) electrons. The lowest BCUT2D eigenvalue weighted by atomic mass is 10.1. The monoisotopic (exact) mass is 361 g/mol. The minimum atomic E-state index is -0.637. The van der Waals surface area contributed by atoms with Crippen LogP contribution in [0, 0.1) is 0 Å². The van der Waals surface area contributed by atoms with E-state index in [1.807, 2.05) is 54.6 Å². The highest BCUT2D eigenvalue weighted by Gasteiger charge is 2.37. The number of carbonyl (C=O) groups is 2. The number of carbonyl (C=O) groups excluding carboxylic acids is 2. The fraction of sp³-hybridized carbons (Fsp3) is 0.273. The van der Waals surface area contributed by atoms with Gasteiger partial charge in [-0.15, -0.1) is 0 Å². The van der Waals surface area contributed by atoms with Gasteiger partial charge in [0.2, 0.25) is 0 Å². The Morgan fingerprint density at radius 1 is 1.11 bits per heavy atom. The second-order valence-corrected chi connectivity index (χ2v) is 6.93. The van der Waals surface area contributed by atoms with Gasteiger partial charge in [0, 0.05) is 28.7 Å². The number of para-hydroxylation sites is 2. The maximum atomic E-state index is 13.0. The van der Waals surface area contributed by atoms with Gasteiger partial charge in [0.05, 0.1) is 0 Å². The van der Waals surface area contributed by atoms with Crippen LogP contribution < -0.4 is 10.2 Å². The molecule has 2 aromatic carbocycles. The van der Waals surface area contributed by atoms with E-state index in [1.165, 1.54) is 0 Å². The number of fused-ring (bicyclic) bond motifs is 2. The van der Waals surface area contributed by atoms with Crippen molar-refractivity contribution in [1.82, 2.24) is 10.3 Å². The fourth-order valence-corrected chi connectivity index (χ4v) is 3.68. The number of nitrogens with zero attached hydrogens (tertiary/aromatic N) is 1. The van der Waals surface area contributed by atoms with Gasteiger partial charge in [0.15, 0.2) is 0 Å². The Morgan fingerprint density at radius 3 is 2.70 bits per heavy atom. The van der Waals surface area contributed by atoms with Gasteiger partial charge < -0.3 is 15.2 Å². The topological polar surface area (TPSA) is 65.2 Å². The summed E-state index contributed by atoms with van der Waals surface area (Å²) in [5.74, 6) is -0.327. The largest absolute Gasteiger partial charge is 0.351 e. The van der Waals surface area contributed by atoms with Crippen LogP contribution >= 0.6 is 0 Å². The van der Waals surface area contributed by atoms with Gasteiger partial charge >= 0.3 is 0 Å². The summed E-state index contributed by atoms with van der Waals surface area (Å²) >= 11 is 0. The normalized spacial score (nSPS) is 16.0. The zero-order valence-electron chi connectivity index (χ0n) is 15.4. The van der Waals surface area contributed by atoms with Crippen LogP contribution in [0.1, 0.15) is 48.3 Å². The molecule has 1 aliphatic rings. The van der Waals surface area contributed by atoms with Crippen molar-refractivity contribution in [3.63, 3.8) is 0 Å². The Hall–Kier alpha value is -3.08.